The molecule has 0 spiro atoms. The molecule has 0 atom stereocenters. The molecule has 6 heteroatoms. The first kappa shape index (κ1) is 14.3. The summed E-state index contributed by atoms with van der Waals surface area (Å²) in [7, 11) is 1.52. The van der Waals surface area contributed by atoms with Gasteiger partial charge in [-0.2, -0.15) is 0 Å². The predicted octanol–water partition coefficient (Wildman–Crippen LogP) is 0.354. The Hall–Kier alpha value is -1.79. The average molecular weight is 254 g/mol. The minimum atomic E-state index is -0.157. The number of aliphatic hydroxyl groups is 1. The molecule has 1 amide bonds. The maximum absolute atomic E-state index is 11.4. The van der Waals surface area contributed by atoms with Crippen LogP contribution in [0.1, 0.15) is 6.42 Å². The van der Waals surface area contributed by atoms with Crippen LogP contribution in [0.15, 0.2) is 18.2 Å². The lowest BCUT2D eigenvalue weighted by Gasteiger charge is -2.12. The normalized spacial score (nSPS) is 9.94. The van der Waals surface area contributed by atoms with Gasteiger partial charge in [0.1, 0.15) is 6.61 Å². The first-order valence-corrected chi connectivity index (χ1v) is 5.63. The van der Waals surface area contributed by atoms with Crippen molar-refractivity contribution in [2.45, 2.75) is 6.42 Å². The molecule has 0 bridgehead atoms. The second kappa shape index (κ2) is 7.52. The lowest BCUT2D eigenvalue weighted by atomic mass is 10.2. The van der Waals surface area contributed by atoms with Crippen LogP contribution in [0.2, 0.25) is 0 Å². The number of ether oxygens (including phenoxy) is 2. The van der Waals surface area contributed by atoms with Crippen molar-refractivity contribution < 1.29 is 19.4 Å². The van der Waals surface area contributed by atoms with Crippen LogP contribution < -0.4 is 20.5 Å². The number of anilines is 1. The Morgan fingerprint density at radius 2 is 2.22 bits per heavy atom. The van der Waals surface area contributed by atoms with E-state index in [1.165, 1.54) is 7.11 Å². The molecule has 0 aromatic heterocycles. The molecule has 1 aromatic rings. The summed E-state index contributed by atoms with van der Waals surface area (Å²) in [4.78, 5) is 11.4. The Kier molecular flexibility index (Phi) is 5.96. The number of hydrogen-bond acceptors (Lipinski definition) is 5. The summed E-state index contributed by atoms with van der Waals surface area (Å²) in [6, 6.07) is 5.03. The van der Waals surface area contributed by atoms with E-state index in [9.17, 15) is 4.79 Å². The number of rotatable bonds is 7. The molecule has 0 aliphatic rings. The summed E-state index contributed by atoms with van der Waals surface area (Å²) in [5.41, 5.74) is 5.89. The number of amides is 1. The summed E-state index contributed by atoms with van der Waals surface area (Å²) in [5, 5.41) is 11.4. The highest BCUT2D eigenvalue weighted by atomic mass is 16.5. The van der Waals surface area contributed by atoms with Crippen molar-refractivity contribution >= 4 is 11.6 Å². The van der Waals surface area contributed by atoms with Crippen LogP contribution >= 0.6 is 0 Å². The van der Waals surface area contributed by atoms with Crippen LogP contribution in [0.5, 0.6) is 11.5 Å². The van der Waals surface area contributed by atoms with E-state index in [1.54, 1.807) is 18.2 Å². The molecule has 18 heavy (non-hydrogen) atoms. The lowest BCUT2D eigenvalue weighted by Crippen LogP contribution is -2.16. The van der Waals surface area contributed by atoms with Gasteiger partial charge in [0.25, 0.3) is 0 Å². The van der Waals surface area contributed by atoms with Crippen LogP contribution in [0, 0.1) is 0 Å². The molecule has 4 N–H and O–H groups in total. The van der Waals surface area contributed by atoms with Crippen LogP contribution in [-0.2, 0) is 4.79 Å². The molecule has 6 nitrogen and oxygen atoms in total. The molecule has 0 fully saturated rings. The van der Waals surface area contributed by atoms with Crippen molar-refractivity contribution in [3.63, 3.8) is 0 Å². The molecule has 0 unspecified atom stereocenters. The number of nitrogens with two attached hydrogens (primary N) is 1. The Morgan fingerprint density at radius 1 is 1.44 bits per heavy atom. The van der Waals surface area contributed by atoms with Crippen LogP contribution in [-0.4, -0.2) is 37.9 Å². The topological polar surface area (TPSA) is 93.8 Å². The number of benzene rings is 1. The zero-order valence-electron chi connectivity index (χ0n) is 10.3. The van der Waals surface area contributed by atoms with Crippen molar-refractivity contribution in [3.05, 3.63) is 18.2 Å². The Labute approximate surface area is 106 Å². The van der Waals surface area contributed by atoms with E-state index in [-0.39, 0.29) is 25.5 Å². The molecule has 0 aliphatic heterocycles. The van der Waals surface area contributed by atoms with Crippen molar-refractivity contribution in [1.82, 2.24) is 0 Å². The molecule has 0 saturated carbocycles. The third kappa shape index (κ3) is 4.23. The lowest BCUT2D eigenvalue weighted by molar-refractivity contribution is -0.116. The molecule has 1 aromatic carbocycles. The van der Waals surface area contributed by atoms with Crippen molar-refractivity contribution in [1.29, 1.82) is 0 Å². The van der Waals surface area contributed by atoms with Crippen molar-refractivity contribution in [3.8, 4) is 11.5 Å². The SMILES string of the molecule is COc1ccc(NC(=O)CCN)cc1OCCO. The Balaban J connectivity index is 2.78. The average Bonchev–Trinajstić information content (AvgIpc) is 2.36. The Bertz CT molecular complexity index is 396. The predicted molar refractivity (Wildman–Crippen MR) is 67.9 cm³/mol. The van der Waals surface area contributed by atoms with Gasteiger partial charge >= 0.3 is 0 Å². The number of carbonyl (C=O) groups is 1. The second-order valence-electron chi connectivity index (χ2n) is 3.52. The number of carbonyl (C=O) groups excluding carboxylic acids is 1. The van der Waals surface area contributed by atoms with E-state index in [2.05, 4.69) is 5.32 Å². The minimum absolute atomic E-state index is 0.0904. The highest BCUT2D eigenvalue weighted by Gasteiger charge is 2.07. The van der Waals surface area contributed by atoms with Gasteiger partial charge in [0.15, 0.2) is 11.5 Å². The minimum Gasteiger partial charge on any atom is -0.493 e. The molecule has 0 radical (unpaired) electrons. The van der Waals surface area contributed by atoms with Gasteiger partial charge in [0, 0.05) is 24.7 Å². The smallest absolute Gasteiger partial charge is 0.225 e. The van der Waals surface area contributed by atoms with Crippen molar-refractivity contribution in [2.75, 3.05) is 32.2 Å². The fraction of sp³-hybridized carbons (Fsp3) is 0.417. The maximum Gasteiger partial charge on any atom is 0.225 e. The molecule has 0 aliphatic carbocycles. The third-order valence-electron chi connectivity index (χ3n) is 2.17. The van der Waals surface area contributed by atoms with Gasteiger partial charge in [-0.05, 0) is 12.1 Å². The van der Waals surface area contributed by atoms with Crippen molar-refractivity contribution in [2.24, 2.45) is 5.73 Å². The summed E-state index contributed by atoms with van der Waals surface area (Å²) >= 11 is 0. The number of hydrogen-bond donors (Lipinski definition) is 3. The van der Waals surface area contributed by atoms with E-state index >= 15 is 0 Å². The molecular weight excluding hydrogens is 236 g/mol. The number of aliphatic hydroxyl groups excluding tert-OH is 1. The second-order valence-corrected chi connectivity index (χ2v) is 3.52. The van der Waals surface area contributed by atoms with E-state index < -0.39 is 0 Å². The van der Waals surface area contributed by atoms with E-state index in [0.717, 1.165) is 0 Å². The highest BCUT2D eigenvalue weighted by molar-refractivity contribution is 5.91. The van der Waals surface area contributed by atoms with Gasteiger partial charge in [0.2, 0.25) is 5.91 Å². The zero-order chi connectivity index (χ0) is 13.4. The quantitative estimate of drug-likeness (QED) is 0.653. The van der Waals surface area contributed by atoms with E-state index in [0.29, 0.717) is 23.7 Å². The summed E-state index contributed by atoms with van der Waals surface area (Å²) < 4.78 is 10.4. The zero-order valence-corrected chi connectivity index (χ0v) is 10.3. The van der Waals surface area contributed by atoms with Gasteiger partial charge in [-0.25, -0.2) is 0 Å². The van der Waals surface area contributed by atoms with E-state index in [1.807, 2.05) is 0 Å². The molecule has 1 rings (SSSR count). The summed E-state index contributed by atoms with van der Waals surface area (Å²) in [5.74, 6) is 0.855. The summed E-state index contributed by atoms with van der Waals surface area (Å²) in [6.07, 6.45) is 0.263. The molecular formula is C12H18N2O4. The fourth-order valence-electron chi connectivity index (χ4n) is 1.38. The molecule has 0 heterocycles. The third-order valence-corrected chi connectivity index (χ3v) is 2.17. The van der Waals surface area contributed by atoms with E-state index in [4.69, 9.17) is 20.3 Å². The summed E-state index contributed by atoms with van der Waals surface area (Å²) in [6.45, 7) is 0.374. The first-order chi connectivity index (χ1) is 8.71. The van der Waals surface area contributed by atoms with Crippen LogP contribution in [0.3, 0.4) is 0 Å². The largest absolute Gasteiger partial charge is 0.493 e. The monoisotopic (exact) mass is 254 g/mol. The van der Waals surface area contributed by atoms with Gasteiger partial charge in [-0.3, -0.25) is 4.79 Å². The standard InChI is InChI=1S/C12H18N2O4/c1-17-10-3-2-9(14-12(16)4-5-13)8-11(10)18-7-6-15/h2-3,8,15H,4-7,13H2,1H3,(H,14,16). The number of methoxy groups -OCH3 is 1. The van der Waals surface area contributed by atoms with Gasteiger partial charge in [-0.15, -0.1) is 0 Å². The van der Waals surface area contributed by atoms with Crippen LogP contribution in [0.25, 0.3) is 0 Å². The molecule has 100 valence electrons. The van der Waals surface area contributed by atoms with Gasteiger partial charge < -0.3 is 25.6 Å². The first-order valence-electron chi connectivity index (χ1n) is 5.63. The fourth-order valence-corrected chi connectivity index (χ4v) is 1.38. The maximum atomic E-state index is 11.4. The van der Waals surface area contributed by atoms with Gasteiger partial charge in [-0.1, -0.05) is 0 Å². The van der Waals surface area contributed by atoms with Crippen LogP contribution in [0.4, 0.5) is 5.69 Å². The number of nitrogens with one attached hydrogen (secondary N) is 1. The van der Waals surface area contributed by atoms with Gasteiger partial charge in [0.05, 0.1) is 13.7 Å². The highest BCUT2D eigenvalue weighted by Crippen LogP contribution is 2.30. The Morgan fingerprint density at radius 3 is 2.83 bits per heavy atom. The molecule has 0 saturated heterocycles.